The summed E-state index contributed by atoms with van der Waals surface area (Å²) < 4.78 is 0. The van der Waals surface area contributed by atoms with Crippen molar-refractivity contribution in [2.24, 2.45) is 0 Å². The molecule has 0 N–H and O–H groups in total. The second-order valence-corrected chi connectivity index (χ2v) is 7.41. The molecule has 0 spiro atoms. The van der Waals surface area contributed by atoms with Crippen LogP contribution in [0.25, 0.3) is 0 Å². The summed E-state index contributed by atoms with van der Waals surface area (Å²) in [6, 6.07) is 0. The molecule has 2 atom stereocenters. The fraction of sp³-hybridized carbons (Fsp3) is 0.714. The van der Waals surface area contributed by atoms with Crippen molar-refractivity contribution in [3.05, 3.63) is 0 Å². The van der Waals surface area contributed by atoms with Gasteiger partial charge in [0, 0.05) is 0 Å². The van der Waals surface area contributed by atoms with E-state index >= 15 is 0 Å². The molecular weight excluding hydrogens is 270 g/mol. The number of hydrogen-bond acceptors (Lipinski definition) is 2. The average molecular weight is 280 g/mol. The maximum atomic E-state index is 8.40. The summed E-state index contributed by atoms with van der Waals surface area (Å²) in [5, 5.41) is 16.8. The molecule has 2 unspecified atom stereocenters. The molecule has 0 aliphatic carbocycles. The molecule has 0 fully saturated rings. The molecule has 2 nitrogen and oxygen atoms in total. The minimum absolute atomic E-state index is 0.111. The third kappa shape index (κ3) is 6.42. The second-order valence-electron chi connectivity index (χ2n) is 2.28. The summed E-state index contributed by atoms with van der Waals surface area (Å²) in [5.41, 5.74) is 0. The fourth-order valence-electron chi connectivity index (χ4n) is 0.744. The first-order valence-electron chi connectivity index (χ1n) is 3.30. The van der Waals surface area contributed by atoms with E-state index in [9.17, 15) is 0 Å². The van der Waals surface area contributed by atoms with E-state index in [0.29, 0.717) is 9.63 Å². The van der Waals surface area contributed by atoms with E-state index in [-0.39, 0.29) is 29.9 Å². The summed E-state index contributed by atoms with van der Waals surface area (Å²) in [6.07, 6.45) is 1.04. The molecule has 0 rings (SSSR count). The normalized spacial score (nSPS) is 14.5. The topological polar surface area (TPSA) is 47.6 Å². The molecule has 0 radical (unpaired) electrons. The van der Waals surface area contributed by atoms with Gasteiger partial charge in [-0.05, 0) is 0 Å². The molecule has 0 amide bonds. The van der Waals surface area contributed by atoms with E-state index in [1.165, 1.54) is 0 Å². The first-order chi connectivity index (χ1) is 5.20. The Kier molecular flexibility index (Phi) is 6.72. The molecule has 0 saturated heterocycles. The zero-order chi connectivity index (χ0) is 8.69. The number of nitrogens with zero attached hydrogens (tertiary/aromatic N) is 2. The molecule has 0 aliphatic rings. The first-order valence-corrected chi connectivity index (χ1v) is 6.99. The molecule has 0 aromatic heterocycles. The van der Waals surface area contributed by atoms with Crippen LogP contribution in [0.1, 0.15) is 20.3 Å². The van der Waals surface area contributed by atoms with Gasteiger partial charge in [0.2, 0.25) is 0 Å². The van der Waals surface area contributed by atoms with Gasteiger partial charge in [0.05, 0.1) is 0 Å². The van der Waals surface area contributed by atoms with Crippen molar-refractivity contribution in [2.45, 2.75) is 29.9 Å². The Balaban J connectivity index is 3.51. The monoisotopic (exact) mass is 282 g/mol. The molecule has 0 saturated carbocycles. The van der Waals surface area contributed by atoms with Crippen LogP contribution in [0, 0.1) is 20.5 Å². The second kappa shape index (κ2) is 6.71. The molecule has 0 aliphatic heterocycles. The molecule has 0 bridgehead atoms. The SMILES string of the molecule is CC(CC(C)[Se]C#N)[Se]C#N. The van der Waals surface area contributed by atoms with E-state index in [0.717, 1.165) is 6.42 Å². The molecule has 60 valence electrons. The Morgan fingerprint density at radius 1 is 1.09 bits per heavy atom. The predicted molar refractivity (Wildman–Crippen MR) is 46.2 cm³/mol. The van der Waals surface area contributed by atoms with Gasteiger partial charge in [-0.25, -0.2) is 0 Å². The summed E-state index contributed by atoms with van der Waals surface area (Å²) in [6.45, 7) is 4.18. The molecule has 4 heteroatoms. The Morgan fingerprint density at radius 2 is 1.45 bits per heavy atom. The van der Waals surface area contributed by atoms with Gasteiger partial charge in [0.15, 0.2) is 0 Å². The van der Waals surface area contributed by atoms with Crippen LogP contribution in [0.5, 0.6) is 0 Å². The first kappa shape index (κ1) is 11.0. The van der Waals surface area contributed by atoms with Crippen LogP contribution in [-0.4, -0.2) is 29.9 Å². The van der Waals surface area contributed by atoms with Gasteiger partial charge in [-0.2, -0.15) is 0 Å². The summed E-state index contributed by atoms with van der Waals surface area (Å²) in [7, 11) is 0. The summed E-state index contributed by atoms with van der Waals surface area (Å²) >= 11 is 0.222. The average Bonchev–Trinajstić information content (AvgIpc) is 1.87. The zero-order valence-electron chi connectivity index (χ0n) is 6.57. The molecule has 0 aromatic carbocycles. The fourth-order valence-corrected chi connectivity index (χ4v) is 3.73. The Bertz CT molecular complexity index is 160. The van der Waals surface area contributed by atoms with Gasteiger partial charge in [0.1, 0.15) is 0 Å². The third-order valence-corrected chi connectivity index (χ3v) is 4.11. The van der Waals surface area contributed by atoms with Gasteiger partial charge < -0.3 is 0 Å². The van der Waals surface area contributed by atoms with Crippen molar-refractivity contribution in [2.75, 3.05) is 0 Å². The molecular formula is C7H10N2Se2. The Labute approximate surface area is 80.3 Å². The van der Waals surface area contributed by atoms with E-state index in [1.54, 1.807) is 0 Å². The summed E-state index contributed by atoms with van der Waals surface area (Å²) in [4.78, 5) is 5.43. The molecule has 11 heavy (non-hydrogen) atoms. The van der Waals surface area contributed by atoms with Crippen molar-refractivity contribution >= 4 is 29.9 Å². The summed E-state index contributed by atoms with van der Waals surface area (Å²) in [5.74, 6) is 0. The van der Waals surface area contributed by atoms with Crippen LogP contribution in [0.15, 0.2) is 0 Å². The van der Waals surface area contributed by atoms with Crippen molar-refractivity contribution in [3.8, 4) is 9.94 Å². The molecule has 0 aromatic rings. The standard InChI is InChI=1S/C7H10N2Se2/c1-6(10-4-8)3-7(2)11-5-9/h6-7H,3H2,1-2H3. The van der Waals surface area contributed by atoms with Gasteiger partial charge >= 0.3 is 80.3 Å². The van der Waals surface area contributed by atoms with Gasteiger partial charge in [-0.3, -0.25) is 0 Å². The van der Waals surface area contributed by atoms with Crippen molar-refractivity contribution in [1.82, 2.24) is 0 Å². The van der Waals surface area contributed by atoms with Crippen molar-refractivity contribution in [3.63, 3.8) is 0 Å². The minimum atomic E-state index is 0.111. The van der Waals surface area contributed by atoms with E-state index in [2.05, 4.69) is 23.8 Å². The van der Waals surface area contributed by atoms with Gasteiger partial charge in [-0.15, -0.1) is 0 Å². The van der Waals surface area contributed by atoms with Crippen LogP contribution in [0.3, 0.4) is 0 Å². The van der Waals surface area contributed by atoms with E-state index in [4.69, 9.17) is 10.5 Å². The maximum absolute atomic E-state index is 8.40. The zero-order valence-corrected chi connectivity index (χ0v) is 10.00. The van der Waals surface area contributed by atoms with Gasteiger partial charge in [-0.1, -0.05) is 0 Å². The van der Waals surface area contributed by atoms with Crippen LogP contribution in [0.2, 0.25) is 9.63 Å². The Hall–Kier alpha value is 0.0190. The van der Waals surface area contributed by atoms with Crippen LogP contribution >= 0.6 is 0 Å². The Morgan fingerprint density at radius 3 is 1.73 bits per heavy atom. The quantitative estimate of drug-likeness (QED) is 0.730. The van der Waals surface area contributed by atoms with Crippen LogP contribution < -0.4 is 0 Å². The predicted octanol–water partition coefficient (Wildman–Crippen LogP) is 1.36. The number of nitriles is 2. The van der Waals surface area contributed by atoms with Crippen molar-refractivity contribution < 1.29 is 0 Å². The van der Waals surface area contributed by atoms with E-state index < -0.39 is 0 Å². The van der Waals surface area contributed by atoms with Crippen molar-refractivity contribution in [1.29, 1.82) is 10.5 Å². The third-order valence-electron chi connectivity index (χ3n) is 1.17. The number of rotatable bonds is 4. The van der Waals surface area contributed by atoms with Crippen LogP contribution in [0.4, 0.5) is 0 Å². The van der Waals surface area contributed by atoms with Gasteiger partial charge in [0.25, 0.3) is 0 Å². The van der Waals surface area contributed by atoms with E-state index in [1.807, 2.05) is 0 Å². The van der Waals surface area contributed by atoms with Crippen LogP contribution in [-0.2, 0) is 0 Å². The molecule has 0 heterocycles. The number of hydrogen-bond donors (Lipinski definition) is 0.